The summed E-state index contributed by atoms with van der Waals surface area (Å²) in [6, 6.07) is 0. The normalized spacial score (nSPS) is 31.1. The van der Waals surface area contributed by atoms with Crippen LogP contribution >= 0.6 is 0 Å². The van der Waals surface area contributed by atoms with Crippen LogP contribution in [0.4, 0.5) is 0 Å². The Balaban J connectivity index is 1.86. The van der Waals surface area contributed by atoms with E-state index in [0.717, 1.165) is 12.8 Å². The highest BCUT2D eigenvalue weighted by Crippen LogP contribution is 2.29. The molecule has 0 bridgehead atoms. The van der Waals surface area contributed by atoms with Gasteiger partial charge in [-0.05, 0) is 31.1 Å². The maximum atomic E-state index is 12.8. The summed E-state index contributed by atoms with van der Waals surface area (Å²) in [5, 5.41) is 20.0. The number of hydrogen-bond acceptors (Lipinski definition) is 4. The first-order valence-electron chi connectivity index (χ1n) is 9.55. The summed E-state index contributed by atoms with van der Waals surface area (Å²) < 4.78 is 0. The Hall–Kier alpha value is -1.14. The molecule has 2 rings (SSSR count). The van der Waals surface area contributed by atoms with Gasteiger partial charge < -0.3 is 20.0 Å². The van der Waals surface area contributed by atoms with Crippen LogP contribution in [0, 0.1) is 17.3 Å². The van der Waals surface area contributed by atoms with Gasteiger partial charge in [-0.2, -0.15) is 0 Å². The first-order chi connectivity index (χ1) is 11.6. The highest BCUT2D eigenvalue weighted by molar-refractivity contribution is 5.83. The molecule has 0 radical (unpaired) electrons. The van der Waals surface area contributed by atoms with Gasteiger partial charge in [-0.3, -0.25) is 9.59 Å². The quantitative estimate of drug-likeness (QED) is 0.796. The summed E-state index contributed by atoms with van der Waals surface area (Å²) >= 11 is 0. The van der Waals surface area contributed by atoms with E-state index in [1.807, 2.05) is 27.7 Å². The van der Waals surface area contributed by atoms with E-state index in [1.54, 1.807) is 9.80 Å². The average Bonchev–Trinajstić information content (AvgIpc) is 2.57. The van der Waals surface area contributed by atoms with Crippen molar-refractivity contribution >= 4 is 11.8 Å². The predicted molar refractivity (Wildman–Crippen MR) is 95.8 cm³/mol. The lowest BCUT2D eigenvalue weighted by Gasteiger charge is -2.39. The average molecular weight is 354 g/mol. The number of amides is 2. The van der Waals surface area contributed by atoms with E-state index in [2.05, 4.69) is 0 Å². The number of likely N-dealkylation sites (tertiary alicyclic amines) is 2. The molecule has 6 heteroatoms. The SMILES string of the molecule is CC1CCN(C(=O)CCC(C)(C)C(=O)N2CCC(C)C(O)C2)CC1O. The maximum Gasteiger partial charge on any atom is 0.228 e. The summed E-state index contributed by atoms with van der Waals surface area (Å²) in [4.78, 5) is 28.7. The van der Waals surface area contributed by atoms with Gasteiger partial charge in [0, 0.05) is 38.0 Å². The van der Waals surface area contributed by atoms with Gasteiger partial charge in [-0.15, -0.1) is 0 Å². The molecule has 0 aromatic heterocycles. The molecule has 0 aromatic carbocycles. The molecule has 6 nitrogen and oxygen atoms in total. The van der Waals surface area contributed by atoms with Crippen LogP contribution in [0.1, 0.15) is 53.4 Å². The second-order valence-electron chi connectivity index (χ2n) is 8.64. The van der Waals surface area contributed by atoms with Gasteiger partial charge in [-0.1, -0.05) is 27.7 Å². The molecular weight excluding hydrogens is 320 g/mol. The zero-order valence-corrected chi connectivity index (χ0v) is 16.1. The van der Waals surface area contributed by atoms with Crippen molar-refractivity contribution in [2.75, 3.05) is 26.2 Å². The number of piperidine rings is 2. The molecule has 144 valence electrons. The molecule has 0 saturated carbocycles. The van der Waals surface area contributed by atoms with Crippen molar-refractivity contribution in [1.29, 1.82) is 0 Å². The van der Waals surface area contributed by atoms with E-state index < -0.39 is 17.6 Å². The molecule has 2 amide bonds. The number of nitrogens with zero attached hydrogens (tertiary/aromatic N) is 2. The lowest BCUT2D eigenvalue weighted by molar-refractivity contribution is -0.146. The van der Waals surface area contributed by atoms with Gasteiger partial charge >= 0.3 is 0 Å². The molecule has 2 fully saturated rings. The van der Waals surface area contributed by atoms with Crippen molar-refractivity contribution < 1.29 is 19.8 Å². The van der Waals surface area contributed by atoms with Gasteiger partial charge in [0.15, 0.2) is 0 Å². The second-order valence-corrected chi connectivity index (χ2v) is 8.64. The Kier molecular flexibility index (Phi) is 6.49. The highest BCUT2D eigenvalue weighted by Gasteiger charge is 2.37. The van der Waals surface area contributed by atoms with E-state index in [4.69, 9.17) is 0 Å². The van der Waals surface area contributed by atoms with E-state index in [-0.39, 0.29) is 23.7 Å². The molecule has 2 aliphatic rings. The van der Waals surface area contributed by atoms with Crippen LogP contribution in [0.25, 0.3) is 0 Å². The lowest BCUT2D eigenvalue weighted by atomic mass is 9.84. The number of β-amino-alcohol motifs (C(OH)–C–C–N with tert-alkyl or cyclic N) is 2. The third-order valence-electron chi connectivity index (χ3n) is 6.02. The van der Waals surface area contributed by atoms with E-state index >= 15 is 0 Å². The van der Waals surface area contributed by atoms with Gasteiger partial charge in [-0.25, -0.2) is 0 Å². The summed E-state index contributed by atoms with van der Waals surface area (Å²) in [6.45, 7) is 9.89. The molecule has 0 spiro atoms. The van der Waals surface area contributed by atoms with Crippen LogP contribution < -0.4 is 0 Å². The third-order valence-corrected chi connectivity index (χ3v) is 6.02. The van der Waals surface area contributed by atoms with Crippen molar-refractivity contribution in [3.8, 4) is 0 Å². The summed E-state index contributed by atoms with van der Waals surface area (Å²) in [5.41, 5.74) is -0.627. The number of hydrogen-bond donors (Lipinski definition) is 2. The Labute approximate surface area is 151 Å². The van der Waals surface area contributed by atoms with Crippen LogP contribution in [-0.4, -0.2) is 70.2 Å². The monoisotopic (exact) mass is 354 g/mol. The fourth-order valence-electron chi connectivity index (χ4n) is 3.62. The minimum Gasteiger partial charge on any atom is -0.391 e. The van der Waals surface area contributed by atoms with E-state index in [0.29, 0.717) is 39.0 Å². The second kappa shape index (κ2) is 8.04. The highest BCUT2D eigenvalue weighted by atomic mass is 16.3. The van der Waals surface area contributed by atoms with Gasteiger partial charge in [0.05, 0.1) is 12.2 Å². The smallest absolute Gasteiger partial charge is 0.228 e. The Morgan fingerprint density at radius 3 is 1.96 bits per heavy atom. The topological polar surface area (TPSA) is 81.1 Å². The largest absolute Gasteiger partial charge is 0.391 e. The first kappa shape index (κ1) is 20.2. The molecule has 2 N–H and O–H groups in total. The predicted octanol–water partition coefficient (Wildman–Crippen LogP) is 1.25. The molecule has 2 aliphatic heterocycles. The van der Waals surface area contributed by atoms with Gasteiger partial charge in [0.2, 0.25) is 11.8 Å². The van der Waals surface area contributed by atoms with E-state index in [9.17, 15) is 19.8 Å². The summed E-state index contributed by atoms with van der Waals surface area (Å²) in [5.74, 6) is 0.481. The molecule has 4 unspecified atom stereocenters. The molecule has 4 atom stereocenters. The molecule has 0 aromatic rings. The third kappa shape index (κ3) is 4.94. The fourth-order valence-corrected chi connectivity index (χ4v) is 3.62. The minimum absolute atomic E-state index is 0.0125. The van der Waals surface area contributed by atoms with Gasteiger partial charge in [0.1, 0.15) is 0 Å². The molecule has 2 heterocycles. The Bertz CT molecular complexity index is 494. The van der Waals surface area contributed by atoms with Crippen molar-refractivity contribution in [3.05, 3.63) is 0 Å². The first-order valence-corrected chi connectivity index (χ1v) is 9.55. The van der Waals surface area contributed by atoms with Crippen molar-refractivity contribution in [3.63, 3.8) is 0 Å². The molecular formula is C19H34N2O4. The van der Waals surface area contributed by atoms with Crippen molar-refractivity contribution in [2.45, 2.75) is 65.6 Å². The lowest BCUT2D eigenvalue weighted by Crippen LogP contribution is -2.50. The fraction of sp³-hybridized carbons (Fsp3) is 0.895. The zero-order valence-electron chi connectivity index (χ0n) is 16.1. The number of carbonyl (C=O) groups is 2. The Morgan fingerprint density at radius 2 is 1.44 bits per heavy atom. The van der Waals surface area contributed by atoms with Gasteiger partial charge in [0.25, 0.3) is 0 Å². The Morgan fingerprint density at radius 1 is 0.960 bits per heavy atom. The minimum atomic E-state index is -0.627. The maximum absolute atomic E-state index is 12.8. The number of rotatable bonds is 4. The summed E-state index contributed by atoms with van der Waals surface area (Å²) in [6.07, 6.45) is 1.50. The number of carbonyl (C=O) groups excluding carboxylic acids is 2. The van der Waals surface area contributed by atoms with Crippen LogP contribution in [0.15, 0.2) is 0 Å². The van der Waals surface area contributed by atoms with Crippen LogP contribution in [-0.2, 0) is 9.59 Å². The summed E-state index contributed by atoms with van der Waals surface area (Å²) in [7, 11) is 0. The molecule has 25 heavy (non-hydrogen) atoms. The number of aliphatic hydroxyl groups is 2. The van der Waals surface area contributed by atoms with Crippen LogP contribution in [0.5, 0.6) is 0 Å². The number of aliphatic hydroxyl groups excluding tert-OH is 2. The van der Waals surface area contributed by atoms with E-state index in [1.165, 1.54) is 0 Å². The van der Waals surface area contributed by atoms with Crippen LogP contribution in [0.2, 0.25) is 0 Å². The van der Waals surface area contributed by atoms with Crippen molar-refractivity contribution in [2.24, 2.45) is 17.3 Å². The molecule has 0 aliphatic carbocycles. The van der Waals surface area contributed by atoms with Crippen LogP contribution in [0.3, 0.4) is 0 Å². The zero-order chi connectivity index (χ0) is 18.8. The van der Waals surface area contributed by atoms with Crippen molar-refractivity contribution in [1.82, 2.24) is 9.80 Å². The molecule has 2 saturated heterocycles. The standard InChI is InChI=1S/C19H34N2O4/c1-13-6-9-20(11-15(13)22)17(24)5-8-19(3,4)18(25)21-10-7-14(2)16(23)12-21/h13-16,22-23H,5-12H2,1-4H3.